The highest BCUT2D eigenvalue weighted by Gasteiger charge is 2.21. The second-order valence-corrected chi connectivity index (χ2v) is 19.2. The lowest BCUT2D eigenvalue weighted by Crippen LogP contribution is -1.96. The summed E-state index contributed by atoms with van der Waals surface area (Å²) >= 11 is 0. The molecule has 0 aliphatic carbocycles. The maximum Gasteiger partial charge on any atom is 0.220 e. The Labute approximate surface area is 422 Å². The Morgan fingerprint density at radius 1 is 0.243 bits per heavy atom. The van der Waals surface area contributed by atoms with Crippen molar-refractivity contribution >= 4 is 115 Å². The van der Waals surface area contributed by atoms with Crippen molar-refractivity contribution in [2.24, 2.45) is 0 Å². The van der Waals surface area contributed by atoms with Crippen LogP contribution in [-0.2, 0) is 0 Å². The highest BCUT2D eigenvalue weighted by Crippen LogP contribution is 2.39. The predicted octanol–water partition coefficient (Wildman–Crippen LogP) is 17.3. The lowest BCUT2D eigenvalue weighted by molar-refractivity contribution is 0.669. The molecule has 17 rings (SSSR count). The summed E-state index contributed by atoms with van der Waals surface area (Å²) in [5.41, 5.74) is 17.9. The number of fused-ring (bicyclic) bond motifs is 17. The average Bonchev–Trinajstić information content (AvgIpc) is 4.31. The van der Waals surface area contributed by atoms with Crippen LogP contribution in [0.3, 0.4) is 0 Å². The molecule has 6 heterocycles. The number of hydrogen-bond acceptors (Lipinski definition) is 2. The van der Waals surface area contributed by atoms with Crippen LogP contribution in [0.4, 0.5) is 0 Å². The Hall–Kier alpha value is -10.1. The van der Waals surface area contributed by atoms with Gasteiger partial charge in [0.2, 0.25) is 5.78 Å². The molecule has 0 atom stereocenters. The monoisotopic (exact) mass is 946 g/mol. The molecule has 0 radical (unpaired) electrons. The summed E-state index contributed by atoms with van der Waals surface area (Å²) < 4.78 is 18.0. The van der Waals surface area contributed by atoms with Crippen LogP contribution in [0.2, 0.25) is 0 Å². The van der Waals surface area contributed by atoms with Crippen LogP contribution in [0.25, 0.3) is 138 Å². The molecule has 0 saturated heterocycles. The maximum atomic E-state index is 6.33. The molecule has 0 amide bonds. The third-order valence-electron chi connectivity index (χ3n) is 15.1. The molecule has 0 fully saturated rings. The van der Waals surface area contributed by atoms with Crippen molar-refractivity contribution in [2.45, 2.75) is 0 Å². The highest BCUT2D eigenvalue weighted by molar-refractivity contribution is 6.13. The Morgan fingerprint density at radius 2 is 0.608 bits per heavy atom. The largest absolute Gasteiger partial charge is 0.456 e. The summed E-state index contributed by atoms with van der Waals surface area (Å²) in [4.78, 5) is 5.04. The van der Waals surface area contributed by atoms with E-state index < -0.39 is 0 Å². The molecule has 0 aliphatic heterocycles. The van der Waals surface area contributed by atoms with Crippen LogP contribution in [0.1, 0.15) is 0 Å². The van der Waals surface area contributed by atoms with Gasteiger partial charge >= 0.3 is 0 Å². The van der Waals surface area contributed by atoms with Crippen LogP contribution in [0.15, 0.2) is 259 Å². The van der Waals surface area contributed by atoms with E-state index in [1.807, 2.05) is 6.07 Å². The van der Waals surface area contributed by atoms with E-state index in [9.17, 15) is 0 Å². The molecule has 346 valence electrons. The highest BCUT2D eigenvalue weighted by atomic mass is 16.3. The minimum atomic E-state index is 0.897. The summed E-state index contributed by atoms with van der Waals surface area (Å²) in [6, 6.07) is 90.5. The fourth-order valence-electron chi connectivity index (χ4n) is 12.0. The lowest BCUT2D eigenvalue weighted by atomic mass is 10.1. The van der Waals surface area contributed by atoms with Gasteiger partial charge in [-0.15, -0.1) is 0 Å². The Bertz CT molecular complexity index is 4770. The van der Waals surface area contributed by atoms with Crippen molar-refractivity contribution in [3.05, 3.63) is 255 Å². The van der Waals surface area contributed by atoms with Gasteiger partial charge in [-0.1, -0.05) is 140 Å². The van der Waals surface area contributed by atoms with E-state index in [2.05, 4.69) is 271 Å². The van der Waals surface area contributed by atoms with Gasteiger partial charge in [0.25, 0.3) is 0 Å². The van der Waals surface area contributed by atoms with Gasteiger partial charge in [-0.3, -0.25) is 8.97 Å². The molecular weight excluding hydrogens is 905 g/mol. The molecule has 6 aromatic heterocycles. The summed E-state index contributed by atoms with van der Waals surface area (Å²) in [5.74, 6) is 0.923. The fourth-order valence-corrected chi connectivity index (χ4v) is 12.0. The standard InChI is InChI=1S/C36H22N2O.C31H20N4/c1-5-13-31-25(9-1)26-10-2-6-14-32(26)37(31)23-17-19-35-29(21-23)30-22-24(18-20-36(30)39-35)38-33-15-7-3-11-27(33)28-12-4-8-16-34(28)38;1-2-10-21(11-3-1)34-29-19-18-22(20-30(29)35-28-17-9-6-14-25(28)32-31(34)35)33-26-15-7-4-12-23(26)24-13-5-8-16-27(24)33/h1-22H;1-20H. The van der Waals surface area contributed by atoms with Crippen LogP contribution in [0.5, 0.6) is 0 Å². The predicted molar refractivity (Wildman–Crippen MR) is 306 cm³/mol. The third-order valence-corrected chi connectivity index (χ3v) is 15.1. The normalized spacial score (nSPS) is 12.1. The number of furan rings is 1. The molecular formula is C67H42N6O. The average molecular weight is 947 g/mol. The fraction of sp³-hybridized carbons (Fsp3) is 0. The summed E-state index contributed by atoms with van der Waals surface area (Å²) in [5, 5.41) is 9.82. The first-order valence-corrected chi connectivity index (χ1v) is 25.1. The molecule has 17 aromatic rings. The molecule has 11 aromatic carbocycles. The minimum Gasteiger partial charge on any atom is -0.456 e. The number of para-hydroxylation sites is 9. The number of nitrogens with zero attached hydrogens (tertiary/aromatic N) is 6. The minimum absolute atomic E-state index is 0.897. The summed E-state index contributed by atoms with van der Waals surface area (Å²) in [6.07, 6.45) is 0. The van der Waals surface area contributed by atoms with Crippen molar-refractivity contribution < 1.29 is 4.42 Å². The Balaban J connectivity index is 0.000000127. The lowest BCUT2D eigenvalue weighted by Gasteiger charge is -2.09. The zero-order chi connectivity index (χ0) is 48.4. The summed E-state index contributed by atoms with van der Waals surface area (Å²) in [6.45, 7) is 0. The molecule has 0 spiro atoms. The van der Waals surface area contributed by atoms with E-state index in [1.165, 1.54) is 65.4 Å². The van der Waals surface area contributed by atoms with E-state index in [-0.39, 0.29) is 0 Å². The van der Waals surface area contributed by atoms with Crippen molar-refractivity contribution in [1.82, 2.24) is 27.7 Å². The van der Waals surface area contributed by atoms with Gasteiger partial charge in [0, 0.05) is 65.8 Å². The van der Waals surface area contributed by atoms with Crippen molar-refractivity contribution in [3.63, 3.8) is 0 Å². The maximum absolute atomic E-state index is 6.33. The van der Waals surface area contributed by atoms with Crippen molar-refractivity contribution in [1.29, 1.82) is 0 Å². The molecule has 0 aliphatic rings. The Kier molecular flexibility index (Phi) is 8.61. The van der Waals surface area contributed by atoms with Gasteiger partial charge in [-0.25, -0.2) is 4.98 Å². The van der Waals surface area contributed by atoms with E-state index >= 15 is 0 Å². The molecule has 74 heavy (non-hydrogen) atoms. The first-order valence-electron chi connectivity index (χ1n) is 25.1. The van der Waals surface area contributed by atoms with Gasteiger partial charge in [-0.2, -0.15) is 0 Å². The molecule has 0 unspecified atom stereocenters. The number of rotatable bonds is 4. The van der Waals surface area contributed by atoms with E-state index in [4.69, 9.17) is 9.40 Å². The second kappa shape index (κ2) is 15.7. The second-order valence-electron chi connectivity index (χ2n) is 19.2. The molecule has 7 heteroatoms. The number of benzene rings is 11. The van der Waals surface area contributed by atoms with Gasteiger partial charge in [0.1, 0.15) is 11.2 Å². The molecule has 0 saturated carbocycles. The van der Waals surface area contributed by atoms with Gasteiger partial charge in [0.15, 0.2) is 0 Å². The molecule has 0 N–H and O–H groups in total. The van der Waals surface area contributed by atoms with Crippen LogP contribution in [0, 0.1) is 0 Å². The quantitative estimate of drug-likeness (QED) is 0.176. The zero-order valence-corrected chi connectivity index (χ0v) is 39.8. The number of hydrogen-bond donors (Lipinski definition) is 0. The van der Waals surface area contributed by atoms with Crippen molar-refractivity contribution in [3.8, 4) is 22.7 Å². The first-order chi connectivity index (χ1) is 36.7. The van der Waals surface area contributed by atoms with Gasteiger partial charge < -0.3 is 18.1 Å². The zero-order valence-electron chi connectivity index (χ0n) is 39.8. The van der Waals surface area contributed by atoms with Crippen LogP contribution in [-0.4, -0.2) is 27.7 Å². The van der Waals surface area contributed by atoms with E-state index in [0.29, 0.717) is 0 Å². The first kappa shape index (κ1) is 40.6. The number of imidazole rings is 2. The van der Waals surface area contributed by atoms with Crippen LogP contribution >= 0.6 is 0 Å². The summed E-state index contributed by atoms with van der Waals surface area (Å²) in [7, 11) is 0. The Morgan fingerprint density at radius 3 is 1.05 bits per heavy atom. The molecule has 7 nitrogen and oxygen atoms in total. The molecule has 0 bridgehead atoms. The topological polar surface area (TPSA) is 50.2 Å². The SMILES string of the molecule is c1ccc(-n2c3ccc(-n4c5ccccc5c5ccccc54)cc3n3c4ccccc4nc23)cc1.c1ccc2c(c1)c1ccccc1n2-c1ccc2oc3ccc(-n4c5ccccc5c5ccccc54)cc3c2c1. The van der Waals surface area contributed by atoms with E-state index in [0.717, 1.165) is 72.5 Å². The third kappa shape index (κ3) is 5.86. The smallest absolute Gasteiger partial charge is 0.220 e. The number of aromatic nitrogens is 6. The van der Waals surface area contributed by atoms with E-state index in [1.54, 1.807) is 0 Å². The van der Waals surface area contributed by atoms with Crippen molar-refractivity contribution in [2.75, 3.05) is 0 Å². The van der Waals surface area contributed by atoms with Gasteiger partial charge in [0.05, 0.1) is 55.2 Å². The van der Waals surface area contributed by atoms with Crippen LogP contribution < -0.4 is 0 Å². The van der Waals surface area contributed by atoms with Gasteiger partial charge in [-0.05, 0) is 115 Å².